The van der Waals surface area contributed by atoms with Crippen molar-refractivity contribution in [1.29, 1.82) is 0 Å². The van der Waals surface area contributed by atoms with Crippen LogP contribution in [0.1, 0.15) is 40.0 Å². The van der Waals surface area contributed by atoms with E-state index in [-0.39, 0.29) is 6.42 Å². The van der Waals surface area contributed by atoms with Crippen molar-refractivity contribution in [2.24, 2.45) is 5.41 Å². The number of hydrogen-bond donors (Lipinski definition) is 0. The quantitative estimate of drug-likeness (QED) is 0.664. The number of carbonyl (C=O) groups is 1. The van der Waals surface area contributed by atoms with Gasteiger partial charge in [-0.25, -0.2) is 8.78 Å². The third kappa shape index (κ3) is 2.93. The molecule has 1 aliphatic rings. The molecule has 0 aliphatic heterocycles. The first-order valence-corrected chi connectivity index (χ1v) is 4.75. The molecular weight excluding hydrogens is 190 g/mol. The highest BCUT2D eigenvalue weighted by atomic mass is 19.3. The maximum Gasteiger partial charge on any atom is 0.307 e. The van der Waals surface area contributed by atoms with Crippen LogP contribution < -0.4 is 0 Å². The average Bonchev–Trinajstić information content (AvgIpc) is 2.63. The Morgan fingerprint density at radius 2 is 1.93 bits per heavy atom. The summed E-state index contributed by atoms with van der Waals surface area (Å²) < 4.78 is 29.9. The summed E-state index contributed by atoms with van der Waals surface area (Å²) in [7, 11) is 0. The molecule has 2 nitrogen and oxygen atoms in total. The lowest BCUT2D eigenvalue weighted by Crippen LogP contribution is -2.27. The molecular formula is C10H16F2O2. The highest BCUT2D eigenvalue weighted by Crippen LogP contribution is 2.53. The van der Waals surface area contributed by atoms with Crippen molar-refractivity contribution in [3.05, 3.63) is 0 Å². The van der Waals surface area contributed by atoms with E-state index < -0.39 is 23.4 Å². The molecule has 0 bridgehead atoms. The normalized spacial score (nSPS) is 19.6. The lowest BCUT2D eigenvalue weighted by molar-refractivity contribution is -0.158. The van der Waals surface area contributed by atoms with Gasteiger partial charge in [0.25, 0.3) is 0 Å². The molecule has 0 saturated heterocycles. The van der Waals surface area contributed by atoms with Crippen LogP contribution in [0.15, 0.2) is 0 Å². The molecule has 0 atom stereocenters. The zero-order chi connectivity index (χ0) is 11.0. The van der Waals surface area contributed by atoms with Crippen molar-refractivity contribution in [2.45, 2.75) is 52.1 Å². The highest BCUT2D eigenvalue weighted by molar-refractivity contribution is 5.71. The average molecular weight is 206 g/mol. The molecule has 0 aromatic heterocycles. The molecule has 1 fully saturated rings. The number of ether oxygens (including phenoxy) is 1. The number of hydrogen-bond acceptors (Lipinski definition) is 2. The van der Waals surface area contributed by atoms with E-state index in [1.54, 1.807) is 20.8 Å². The van der Waals surface area contributed by atoms with Gasteiger partial charge in [-0.05, 0) is 33.6 Å². The van der Waals surface area contributed by atoms with Crippen LogP contribution in [0.5, 0.6) is 0 Å². The standard InChI is InChI=1S/C10H16F2O2/c1-9(2,3)14-7(13)6-10(4-5-10)8(11)12/h8H,4-6H2,1-3H3. The maximum absolute atomic E-state index is 12.5. The van der Waals surface area contributed by atoms with Gasteiger partial charge in [-0.1, -0.05) is 0 Å². The maximum atomic E-state index is 12.5. The lowest BCUT2D eigenvalue weighted by atomic mass is 10.0. The number of carbonyl (C=O) groups excluding carboxylic acids is 1. The summed E-state index contributed by atoms with van der Waals surface area (Å²) in [5, 5.41) is 0. The topological polar surface area (TPSA) is 26.3 Å². The van der Waals surface area contributed by atoms with Crippen LogP contribution >= 0.6 is 0 Å². The number of halogens is 2. The summed E-state index contributed by atoms with van der Waals surface area (Å²) >= 11 is 0. The van der Waals surface area contributed by atoms with Gasteiger partial charge in [-0.3, -0.25) is 4.79 Å². The molecule has 0 heterocycles. The predicted octanol–water partition coefficient (Wildman–Crippen LogP) is 2.76. The number of alkyl halides is 2. The van der Waals surface area contributed by atoms with Crippen molar-refractivity contribution >= 4 is 5.97 Å². The second kappa shape index (κ2) is 3.48. The van der Waals surface area contributed by atoms with Gasteiger partial charge in [0.15, 0.2) is 0 Å². The van der Waals surface area contributed by atoms with Crippen LogP contribution in [0.3, 0.4) is 0 Å². The van der Waals surface area contributed by atoms with E-state index in [4.69, 9.17) is 4.74 Å². The Balaban J connectivity index is 2.42. The molecule has 0 N–H and O–H groups in total. The molecule has 0 spiro atoms. The Bertz CT molecular complexity index is 227. The van der Waals surface area contributed by atoms with E-state index in [0.29, 0.717) is 12.8 Å². The van der Waals surface area contributed by atoms with Crippen molar-refractivity contribution < 1.29 is 18.3 Å². The van der Waals surface area contributed by atoms with Crippen molar-refractivity contribution in [3.8, 4) is 0 Å². The van der Waals surface area contributed by atoms with Crippen molar-refractivity contribution in [3.63, 3.8) is 0 Å². The minimum absolute atomic E-state index is 0.151. The molecule has 0 aromatic rings. The predicted molar refractivity (Wildman–Crippen MR) is 48.1 cm³/mol. The third-order valence-electron chi connectivity index (χ3n) is 2.27. The summed E-state index contributed by atoms with van der Waals surface area (Å²) in [6.45, 7) is 5.19. The smallest absolute Gasteiger partial charge is 0.307 e. The first kappa shape index (κ1) is 11.4. The van der Waals surface area contributed by atoms with Crippen LogP contribution in [0.2, 0.25) is 0 Å². The van der Waals surface area contributed by atoms with Gasteiger partial charge < -0.3 is 4.74 Å². The first-order valence-electron chi connectivity index (χ1n) is 4.75. The van der Waals surface area contributed by atoms with Crippen LogP contribution in [-0.2, 0) is 9.53 Å². The van der Waals surface area contributed by atoms with Crippen LogP contribution in [0.4, 0.5) is 8.78 Å². The van der Waals surface area contributed by atoms with Gasteiger partial charge >= 0.3 is 5.97 Å². The lowest BCUT2D eigenvalue weighted by Gasteiger charge is -2.21. The summed E-state index contributed by atoms with van der Waals surface area (Å²) in [4.78, 5) is 11.3. The van der Waals surface area contributed by atoms with Gasteiger partial charge in [0.05, 0.1) is 6.42 Å². The Kier molecular flexibility index (Phi) is 2.83. The molecule has 82 valence electrons. The second-order valence-corrected chi connectivity index (χ2v) is 4.93. The second-order valence-electron chi connectivity index (χ2n) is 4.93. The molecule has 1 rings (SSSR count). The first-order chi connectivity index (χ1) is 6.25. The van der Waals surface area contributed by atoms with Crippen molar-refractivity contribution in [2.75, 3.05) is 0 Å². The minimum atomic E-state index is -2.41. The molecule has 0 radical (unpaired) electrons. The number of esters is 1. The molecule has 1 saturated carbocycles. The van der Waals surface area contributed by atoms with E-state index in [0.717, 1.165) is 0 Å². The monoisotopic (exact) mass is 206 g/mol. The summed E-state index contributed by atoms with van der Waals surface area (Å²) in [5.74, 6) is -0.518. The van der Waals surface area contributed by atoms with E-state index >= 15 is 0 Å². The summed E-state index contributed by atoms with van der Waals surface area (Å²) in [6.07, 6.45) is -1.69. The molecule has 1 aliphatic carbocycles. The van der Waals surface area contributed by atoms with E-state index in [1.165, 1.54) is 0 Å². The SMILES string of the molecule is CC(C)(C)OC(=O)CC1(C(F)F)CC1. The molecule has 0 unspecified atom stereocenters. The molecule has 0 amide bonds. The molecule has 0 aromatic carbocycles. The fraction of sp³-hybridized carbons (Fsp3) is 0.900. The van der Waals surface area contributed by atoms with Gasteiger partial charge in [-0.2, -0.15) is 0 Å². The zero-order valence-corrected chi connectivity index (χ0v) is 8.77. The Morgan fingerprint density at radius 3 is 2.21 bits per heavy atom. The van der Waals surface area contributed by atoms with Crippen LogP contribution in [0.25, 0.3) is 0 Å². The Morgan fingerprint density at radius 1 is 1.43 bits per heavy atom. The summed E-state index contributed by atoms with van der Waals surface area (Å²) in [6, 6.07) is 0. The Labute approximate surface area is 82.6 Å². The van der Waals surface area contributed by atoms with Gasteiger partial charge in [0.2, 0.25) is 6.43 Å². The number of rotatable bonds is 3. The van der Waals surface area contributed by atoms with E-state index in [9.17, 15) is 13.6 Å². The van der Waals surface area contributed by atoms with E-state index in [1.807, 2.05) is 0 Å². The van der Waals surface area contributed by atoms with Gasteiger partial charge in [-0.15, -0.1) is 0 Å². The van der Waals surface area contributed by atoms with Crippen molar-refractivity contribution in [1.82, 2.24) is 0 Å². The molecule has 14 heavy (non-hydrogen) atoms. The Hall–Kier alpha value is -0.670. The zero-order valence-electron chi connectivity index (χ0n) is 8.77. The fourth-order valence-corrected chi connectivity index (χ4v) is 1.30. The van der Waals surface area contributed by atoms with E-state index in [2.05, 4.69) is 0 Å². The highest BCUT2D eigenvalue weighted by Gasteiger charge is 2.52. The third-order valence-corrected chi connectivity index (χ3v) is 2.27. The van der Waals surface area contributed by atoms with Crippen LogP contribution in [-0.4, -0.2) is 18.0 Å². The van der Waals surface area contributed by atoms with Gasteiger partial charge in [0, 0.05) is 5.41 Å². The summed E-state index contributed by atoms with van der Waals surface area (Å²) in [5.41, 5.74) is -1.66. The molecule has 4 heteroatoms. The fourth-order valence-electron chi connectivity index (χ4n) is 1.30. The largest absolute Gasteiger partial charge is 0.460 e. The minimum Gasteiger partial charge on any atom is -0.460 e. The van der Waals surface area contributed by atoms with Crippen LogP contribution in [0, 0.1) is 5.41 Å². The van der Waals surface area contributed by atoms with Gasteiger partial charge in [0.1, 0.15) is 5.60 Å².